The van der Waals surface area contributed by atoms with Gasteiger partial charge in [-0.05, 0) is 44.0 Å². The molecular formula is C13H18ClN3O. The largest absolute Gasteiger partial charge is 0.384 e. The van der Waals surface area contributed by atoms with Crippen LogP contribution in [0, 0.1) is 5.92 Å². The van der Waals surface area contributed by atoms with Crippen molar-refractivity contribution in [2.45, 2.75) is 12.8 Å². The first kappa shape index (κ1) is 13.2. The number of hydrogen-bond donors (Lipinski definition) is 3. The number of hydrogen-bond acceptors (Lipinski definition) is 3. The average Bonchev–Trinajstić information content (AvgIpc) is 2.37. The van der Waals surface area contributed by atoms with Crippen molar-refractivity contribution in [3.05, 3.63) is 28.8 Å². The number of nitrogens with one attached hydrogen (secondary N) is 2. The van der Waals surface area contributed by atoms with Gasteiger partial charge in [-0.1, -0.05) is 17.7 Å². The lowest BCUT2D eigenvalue weighted by Gasteiger charge is -2.23. The number of benzene rings is 1. The van der Waals surface area contributed by atoms with Gasteiger partial charge >= 0.3 is 0 Å². The molecule has 1 aromatic carbocycles. The van der Waals surface area contributed by atoms with E-state index in [9.17, 15) is 4.79 Å². The summed E-state index contributed by atoms with van der Waals surface area (Å²) in [6.07, 6.45) is 2.30. The lowest BCUT2D eigenvalue weighted by Crippen LogP contribution is -2.31. The van der Waals surface area contributed by atoms with Crippen molar-refractivity contribution >= 4 is 23.2 Å². The first-order valence-electron chi connectivity index (χ1n) is 6.21. The molecule has 0 atom stereocenters. The van der Waals surface area contributed by atoms with Gasteiger partial charge in [-0.15, -0.1) is 0 Å². The molecule has 1 saturated heterocycles. The number of carbonyl (C=O) groups excluding carboxylic acids is 1. The van der Waals surface area contributed by atoms with E-state index in [0.717, 1.165) is 38.2 Å². The number of piperidine rings is 1. The van der Waals surface area contributed by atoms with E-state index in [0.29, 0.717) is 16.5 Å². The summed E-state index contributed by atoms with van der Waals surface area (Å²) < 4.78 is 0. The Morgan fingerprint density at radius 3 is 2.83 bits per heavy atom. The Labute approximate surface area is 112 Å². The molecule has 18 heavy (non-hydrogen) atoms. The van der Waals surface area contributed by atoms with E-state index in [1.807, 2.05) is 12.1 Å². The summed E-state index contributed by atoms with van der Waals surface area (Å²) >= 11 is 6.00. The molecule has 0 bridgehead atoms. The predicted octanol–water partition coefficient (Wildman–Crippen LogP) is 1.85. The van der Waals surface area contributed by atoms with Gasteiger partial charge in [0.25, 0.3) is 5.91 Å². The van der Waals surface area contributed by atoms with E-state index >= 15 is 0 Å². The second kappa shape index (κ2) is 6.07. The van der Waals surface area contributed by atoms with Gasteiger partial charge in [0.2, 0.25) is 0 Å². The molecule has 1 aliphatic heterocycles. The van der Waals surface area contributed by atoms with Crippen LogP contribution in [0.4, 0.5) is 5.69 Å². The van der Waals surface area contributed by atoms with Crippen LogP contribution < -0.4 is 16.4 Å². The van der Waals surface area contributed by atoms with Crippen LogP contribution in [-0.4, -0.2) is 25.5 Å². The van der Waals surface area contributed by atoms with Gasteiger partial charge in [0.15, 0.2) is 0 Å². The van der Waals surface area contributed by atoms with E-state index < -0.39 is 5.91 Å². The molecule has 1 heterocycles. The van der Waals surface area contributed by atoms with Crippen molar-refractivity contribution in [2.24, 2.45) is 11.7 Å². The fourth-order valence-electron chi connectivity index (χ4n) is 2.26. The van der Waals surface area contributed by atoms with E-state index in [2.05, 4.69) is 10.6 Å². The van der Waals surface area contributed by atoms with Gasteiger partial charge in [-0.3, -0.25) is 4.79 Å². The third-order valence-electron chi connectivity index (χ3n) is 3.30. The monoisotopic (exact) mass is 267 g/mol. The number of halogens is 1. The molecule has 98 valence electrons. The fourth-order valence-corrected chi connectivity index (χ4v) is 2.53. The molecular weight excluding hydrogens is 250 g/mol. The highest BCUT2D eigenvalue weighted by Gasteiger charge is 2.15. The Morgan fingerprint density at radius 2 is 2.17 bits per heavy atom. The predicted molar refractivity (Wildman–Crippen MR) is 74.1 cm³/mol. The number of rotatable bonds is 4. The van der Waals surface area contributed by atoms with Crippen LogP contribution in [0.2, 0.25) is 5.02 Å². The molecule has 4 N–H and O–H groups in total. The van der Waals surface area contributed by atoms with Crippen molar-refractivity contribution in [1.82, 2.24) is 5.32 Å². The first-order chi connectivity index (χ1) is 8.68. The number of nitrogens with two attached hydrogens (primary N) is 1. The van der Waals surface area contributed by atoms with Crippen LogP contribution in [0.3, 0.4) is 0 Å². The smallest absolute Gasteiger partial charge is 0.252 e. The quantitative estimate of drug-likeness (QED) is 0.780. The van der Waals surface area contributed by atoms with Crippen LogP contribution in [-0.2, 0) is 0 Å². The Hall–Kier alpha value is -1.26. The number of anilines is 1. The van der Waals surface area contributed by atoms with Crippen molar-refractivity contribution in [1.29, 1.82) is 0 Å². The standard InChI is InChI=1S/C13H18ClN3O/c14-10-2-1-3-11(12(10)13(15)18)17-8-9-4-6-16-7-5-9/h1-3,9,16-17H,4-8H2,(H2,15,18). The minimum absolute atomic E-state index is 0.383. The van der Waals surface area contributed by atoms with Crippen LogP contribution in [0.1, 0.15) is 23.2 Å². The summed E-state index contributed by atoms with van der Waals surface area (Å²) in [4.78, 5) is 11.4. The molecule has 4 nitrogen and oxygen atoms in total. The zero-order chi connectivity index (χ0) is 13.0. The molecule has 0 aliphatic carbocycles. The molecule has 1 fully saturated rings. The summed E-state index contributed by atoms with van der Waals surface area (Å²) in [5, 5.41) is 7.02. The topological polar surface area (TPSA) is 67.2 Å². The lowest BCUT2D eigenvalue weighted by atomic mass is 9.98. The van der Waals surface area contributed by atoms with E-state index in [-0.39, 0.29) is 0 Å². The van der Waals surface area contributed by atoms with Gasteiger partial charge < -0.3 is 16.4 Å². The van der Waals surface area contributed by atoms with Crippen molar-refractivity contribution < 1.29 is 4.79 Å². The third kappa shape index (κ3) is 3.15. The zero-order valence-corrected chi connectivity index (χ0v) is 11.0. The van der Waals surface area contributed by atoms with E-state index in [1.54, 1.807) is 6.07 Å². The molecule has 1 amide bonds. The van der Waals surface area contributed by atoms with Crippen molar-refractivity contribution in [3.8, 4) is 0 Å². The molecule has 0 aromatic heterocycles. The summed E-state index contributed by atoms with van der Waals surface area (Å²) in [7, 11) is 0. The van der Waals surface area contributed by atoms with Gasteiger partial charge in [-0.25, -0.2) is 0 Å². The van der Waals surface area contributed by atoms with E-state index in [4.69, 9.17) is 17.3 Å². The van der Waals surface area contributed by atoms with E-state index in [1.165, 1.54) is 0 Å². The van der Waals surface area contributed by atoms with Gasteiger partial charge in [0.1, 0.15) is 0 Å². The summed E-state index contributed by atoms with van der Waals surface area (Å²) in [6.45, 7) is 2.97. The average molecular weight is 268 g/mol. The van der Waals surface area contributed by atoms with Gasteiger partial charge in [0.05, 0.1) is 10.6 Å². The minimum Gasteiger partial charge on any atom is -0.384 e. The minimum atomic E-state index is -0.492. The second-order valence-electron chi connectivity index (χ2n) is 4.60. The SMILES string of the molecule is NC(=O)c1c(Cl)cccc1NCC1CCNCC1. The zero-order valence-electron chi connectivity index (χ0n) is 10.2. The molecule has 5 heteroatoms. The van der Waals surface area contributed by atoms with Crippen molar-refractivity contribution in [2.75, 3.05) is 25.0 Å². The first-order valence-corrected chi connectivity index (χ1v) is 6.59. The van der Waals surface area contributed by atoms with Crippen LogP contribution in [0.5, 0.6) is 0 Å². The highest BCUT2D eigenvalue weighted by Crippen LogP contribution is 2.24. The maximum Gasteiger partial charge on any atom is 0.252 e. The highest BCUT2D eigenvalue weighted by atomic mass is 35.5. The Balaban J connectivity index is 2.04. The van der Waals surface area contributed by atoms with Crippen LogP contribution in [0.15, 0.2) is 18.2 Å². The number of carbonyl (C=O) groups is 1. The summed E-state index contributed by atoms with van der Waals surface area (Å²) in [5.74, 6) is 0.138. The van der Waals surface area contributed by atoms with Crippen molar-refractivity contribution in [3.63, 3.8) is 0 Å². The number of amides is 1. The maximum absolute atomic E-state index is 11.4. The fraction of sp³-hybridized carbons (Fsp3) is 0.462. The van der Waals surface area contributed by atoms with Gasteiger partial charge in [0, 0.05) is 12.2 Å². The third-order valence-corrected chi connectivity index (χ3v) is 3.61. The summed E-state index contributed by atoms with van der Waals surface area (Å²) in [5.41, 5.74) is 6.46. The van der Waals surface area contributed by atoms with Gasteiger partial charge in [-0.2, -0.15) is 0 Å². The summed E-state index contributed by atoms with van der Waals surface area (Å²) in [6, 6.07) is 5.34. The lowest BCUT2D eigenvalue weighted by molar-refractivity contribution is 0.100. The molecule has 0 spiro atoms. The molecule has 1 aliphatic rings. The Bertz CT molecular complexity index is 430. The molecule has 1 aromatic rings. The molecule has 2 rings (SSSR count). The second-order valence-corrected chi connectivity index (χ2v) is 5.01. The Morgan fingerprint density at radius 1 is 1.44 bits per heavy atom. The van der Waals surface area contributed by atoms with Crippen LogP contribution >= 0.6 is 11.6 Å². The molecule has 0 saturated carbocycles. The molecule has 0 radical (unpaired) electrons. The Kier molecular flexibility index (Phi) is 4.44. The van der Waals surface area contributed by atoms with Crippen LogP contribution in [0.25, 0.3) is 0 Å². The normalized spacial score (nSPS) is 16.5. The maximum atomic E-state index is 11.4. The molecule has 0 unspecified atom stereocenters. The number of primary amides is 1. The highest BCUT2D eigenvalue weighted by molar-refractivity contribution is 6.34.